The van der Waals surface area contributed by atoms with Crippen LogP contribution in [0, 0.1) is 11.3 Å². The Bertz CT molecular complexity index is 931. The van der Waals surface area contributed by atoms with Gasteiger partial charge in [-0.05, 0) is 69.1 Å². The number of carboxylic acids is 1. The Morgan fingerprint density at radius 3 is 2.89 bits per heavy atom. The number of aliphatic hydroxyl groups is 1. The number of carbonyl (C=O) groups is 1. The molecule has 0 aromatic heterocycles. The molecule has 5 nitrogen and oxygen atoms in total. The molecule has 5 rings (SSSR count). The maximum atomic E-state index is 11.7. The molecule has 0 saturated heterocycles. The summed E-state index contributed by atoms with van der Waals surface area (Å²) in [4.78, 5) is 11.7. The Balaban J connectivity index is 1.65. The average Bonchev–Trinajstić information content (AvgIpc) is 3.20. The van der Waals surface area contributed by atoms with E-state index in [0.29, 0.717) is 12.2 Å². The van der Waals surface area contributed by atoms with Gasteiger partial charge in [0.2, 0.25) is 0 Å². The van der Waals surface area contributed by atoms with Gasteiger partial charge in [-0.1, -0.05) is 18.1 Å². The maximum absolute atomic E-state index is 11.7. The summed E-state index contributed by atoms with van der Waals surface area (Å²) in [7, 11) is 0. The number of hydrazine groups is 1. The average molecular weight is 366 g/mol. The Hall–Kier alpha value is -2.43. The summed E-state index contributed by atoms with van der Waals surface area (Å²) in [6, 6.07) is 0. The fourth-order valence-corrected chi connectivity index (χ4v) is 5.97. The molecule has 0 fully saturated rings. The molecule has 1 aliphatic heterocycles. The lowest BCUT2D eigenvalue weighted by molar-refractivity contribution is -0.140. The quantitative estimate of drug-likeness (QED) is 0.590. The standard InChI is InChI=1S/C22H26N2O3/c1-3-11-5-4-8-22(2)18(11)16(25)10-15-14-9-12-6-7-13(21(26)27)17(12)19(14)23-24-20(15)22/h10,13,23-25H,3-9H2,1-2H3,(H,26,27). The maximum Gasteiger partial charge on any atom is 0.311 e. The molecule has 27 heavy (non-hydrogen) atoms. The number of nitrogens with one attached hydrogen (secondary N) is 2. The van der Waals surface area contributed by atoms with Crippen molar-refractivity contribution in [2.24, 2.45) is 11.3 Å². The summed E-state index contributed by atoms with van der Waals surface area (Å²) in [5.74, 6) is -0.767. The van der Waals surface area contributed by atoms with Crippen LogP contribution in [0.2, 0.25) is 0 Å². The molecule has 0 bridgehead atoms. The van der Waals surface area contributed by atoms with Gasteiger partial charge in [0.15, 0.2) is 0 Å². The number of hydrogen-bond acceptors (Lipinski definition) is 4. The molecule has 4 aliphatic carbocycles. The van der Waals surface area contributed by atoms with Crippen molar-refractivity contribution in [1.29, 1.82) is 0 Å². The molecule has 0 saturated carbocycles. The first-order valence-electron chi connectivity index (χ1n) is 10.0. The smallest absolute Gasteiger partial charge is 0.311 e. The largest absolute Gasteiger partial charge is 0.508 e. The van der Waals surface area contributed by atoms with Gasteiger partial charge in [0.05, 0.1) is 11.6 Å². The molecular formula is C22H26N2O3. The fraction of sp³-hybridized carbons (Fsp3) is 0.500. The van der Waals surface area contributed by atoms with Crippen LogP contribution in [0.1, 0.15) is 58.8 Å². The first-order valence-corrected chi connectivity index (χ1v) is 10.0. The van der Waals surface area contributed by atoms with Crippen molar-refractivity contribution in [3.8, 4) is 0 Å². The third-order valence-corrected chi connectivity index (χ3v) is 7.21. The highest BCUT2D eigenvalue weighted by atomic mass is 16.4. The van der Waals surface area contributed by atoms with Crippen LogP contribution in [-0.4, -0.2) is 16.2 Å². The van der Waals surface area contributed by atoms with Gasteiger partial charge in [-0.25, -0.2) is 0 Å². The van der Waals surface area contributed by atoms with Crippen LogP contribution in [0.3, 0.4) is 0 Å². The molecule has 0 radical (unpaired) electrons. The van der Waals surface area contributed by atoms with Crippen molar-refractivity contribution in [1.82, 2.24) is 10.9 Å². The summed E-state index contributed by atoms with van der Waals surface area (Å²) in [5.41, 5.74) is 15.5. The molecule has 5 heteroatoms. The van der Waals surface area contributed by atoms with Crippen LogP contribution in [0.15, 0.2) is 56.7 Å². The highest BCUT2D eigenvalue weighted by Gasteiger charge is 2.47. The SMILES string of the molecule is CCC1=C2C(O)=CC3=C(NNC4=C3CC3=C4C(C(=O)O)CC3)C2(C)CCC1. The normalized spacial score (nSPS) is 31.8. The zero-order valence-electron chi connectivity index (χ0n) is 15.9. The third-order valence-electron chi connectivity index (χ3n) is 7.21. The zero-order chi connectivity index (χ0) is 18.9. The van der Waals surface area contributed by atoms with Crippen LogP contribution in [0.25, 0.3) is 0 Å². The van der Waals surface area contributed by atoms with Gasteiger partial charge in [-0.15, -0.1) is 0 Å². The van der Waals surface area contributed by atoms with E-state index in [0.717, 1.165) is 72.2 Å². The van der Waals surface area contributed by atoms with E-state index in [1.165, 1.54) is 11.1 Å². The first kappa shape index (κ1) is 16.7. The highest BCUT2D eigenvalue weighted by molar-refractivity contribution is 5.79. The van der Waals surface area contributed by atoms with Crippen molar-refractivity contribution in [3.05, 3.63) is 56.7 Å². The summed E-state index contributed by atoms with van der Waals surface area (Å²) < 4.78 is 0. The van der Waals surface area contributed by atoms with Gasteiger partial charge in [0, 0.05) is 22.3 Å². The van der Waals surface area contributed by atoms with Gasteiger partial charge in [0.25, 0.3) is 0 Å². The lowest BCUT2D eigenvalue weighted by Crippen LogP contribution is -2.46. The lowest BCUT2D eigenvalue weighted by atomic mass is 9.64. The van der Waals surface area contributed by atoms with E-state index in [4.69, 9.17) is 0 Å². The number of aliphatic hydroxyl groups excluding tert-OH is 1. The topological polar surface area (TPSA) is 81.6 Å². The minimum absolute atomic E-state index is 0.220. The van der Waals surface area contributed by atoms with Crippen LogP contribution in [0.5, 0.6) is 0 Å². The monoisotopic (exact) mass is 366 g/mol. The van der Waals surface area contributed by atoms with Crippen LogP contribution >= 0.6 is 0 Å². The number of aliphatic carboxylic acids is 1. The second kappa shape index (κ2) is 5.54. The summed E-state index contributed by atoms with van der Waals surface area (Å²) in [6.45, 7) is 4.39. The van der Waals surface area contributed by atoms with Crippen molar-refractivity contribution in [3.63, 3.8) is 0 Å². The van der Waals surface area contributed by atoms with E-state index in [-0.39, 0.29) is 5.41 Å². The minimum Gasteiger partial charge on any atom is -0.508 e. The number of fused-ring (bicyclic) bond motifs is 4. The fourth-order valence-electron chi connectivity index (χ4n) is 5.97. The third kappa shape index (κ3) is 2.08. The Morgan fingerprint density at radius 2 is 2.15 bits per heavy atom. The molecule has 1 heterocycles. The van der Waals surface area contributed by atoms with Gasteiger partial charge < -0.3 is 21.1 Å². The number of hydrogen-bond donors (Lipinski definition) is 4. The zero-order valence-corrected chi connectivity index (χ0v) is 15.9. The van der Waals surface area contributed by atoms with Gasteiger partial charge in [-0.3, -0.25) is 4.79 Å². The summed E-state index contributed by atoms with van der Waals surface area (Å²) in [6.07, 6.45) is 8.39. The second-order valence-electron chi connectivity index (χ2n) is 8.56. The lowest BCUT2D eigenvalue weighted by Gasteiger charge is -2.45. The van der Waals surface area contributed by atoms with Crippen molar-refractivity contribution >= 4 is 5.97 Å². The van der Waals surface area contributed by atoms with Crippen molar-refractivity contribution in [2.75, 3.05) is 0 Å². The van der Waals surface area contributed by atoms with Crippen molar-refractivity contribution in [2.45, 2.75) is 58.8 Å². The summed E-state index contributed by atoms with van der Waals surface area (Å²) in [5, 5.41) is 20.6. The van der Waals surface area contributed by atoms with E-state index in [9.17, 15) is 15.0 Å². The number of rotatable bonds is 2. The number of allylic oxidation sites excluding steroid dienone is 8. The van der Waals surface area contributed by atoms with Crippen LogP contribution < -0.4 is 10.9 Å². The minimum atomic E-state index is -0.741. The summed E-state index contributed by atoms with van der Waals surface area (Å²) >= 11 is 0. The van der Waals surface area contributed by atoms with Gasteiger partial charge in [0.1, 0.15) is 5.76 Å². The molecule has 142 valence electrons. The van der Waals surface area contributed by atoms with Gasteiger partial charge >= 0.3 is 5.97 Å². The molecule has 0 spiro atoms. The Morgan fingerprint density at radius 1 is 1.33 bits per heavy atom. The van der Waals surface area contributed by atoms with Crippen LogP contribution in [-0.2, 0) is 4.79 Å². The van der Waals surface area contributed by atoms with E-state index in [1.807, 2.05) is 6.08 Å². The van der Waals surface area contributed by atoms with E-state index >= 15 is 0 Å². The Labute approximate surface area is 159 Å². The molecule has 2 atom stereocenters. The van der Waals surface area contributed by atoms with Crippen molar-refractivity contribution < 1.29 is 15.0 Å². The van der Waals surface area contributed by atoms with E-state index in [1.54, 1.807) is 0 Å². The molecule has 0 aromatic rings. The molecule has 0 aromatic carbocycles. The second-order valence-corrected chi connectivity index (χ2v) is 8.56. The highest BCUT2D eigenvalue weighted by Crippen LogP contribution is 2.56. The molecule has 4 N–H and O–H groups in total. The van der Waals surface area contributed by atoms with Crippen LogP contribution in [0.4, 0.5) is 0 Å². The van der Waals surface area contributed by atoms with E-state index in [2.05, 4.69) is 24.7 Å². The molecule has 0 amide bonds. The molecular weight excluding hydrogens is 340 g/mol. The van der Waals surface area contributed by atoms with Gasteiger partial charge in [-0.2, -0.15) is 0 Å². The predicted octanol–water partition coefficient (Wildman–Crippen LogP) is 4.15. The molecule has 2 unspecified atom stereocenters. The van der Waals surface area contributed by atoms with E-state index < -0.39 is 11.9 Å². The predicted molar refractivity (Wildman–Crippen MR) is 102 cm³/mol. The first-order chi connectivity index (χ1) is 13.0. The molecule has 5 aliphatic rings. The number of carboxylic acid groups (broad SMARTS) is 1. The Kier molecular flexibility index (Phi) is 3.43.